The summed E-state index contributed by atoms with van der Waals surface area (Å²) in [7, 11) is 0. The first-order valence-corrected chi connectivity index (χ1v) is 7.86. The molecule has 5 rings (SSSR count). The number of H-pyrrole nitrogens is 2. The Hall–Kier alpha value is -3.40. The van der Waals surface area contributed by atoms with Crippen molar-refractivity contribution < 1.29 is 0 Å². The lowest BCUT2D eigenvalue weighted by Crippen LogP contribution is -1.82. The lowest BCUT2D eigenvalue weighted by molar-refractivity contribution is 1.12. The molecule has 0 spiro atoms. The predicted octanol–water partition coefficient (Wildman–Crippen LogP) is 4.77. The van der Waals surface area contributed by atoms with E-state index in [0.29, 0.717) is 0 Å². The molecule has 114 valence electrons. The number of nitrogens with zero attached hydrogens (tertiary/aromatic N) is 2. The van der Waals surface area contributed by atoms with E-state index in [4.69, 9.17) is 0 Å². The number of aromatic nitrogens is 4. The van der Waals surface area contributed by atoms with E-state index in [1.165, 1.54) is 5.39 Å². The summed E-state index contributed by atoms with van der Waals surface area (Å²) in [6.07, 6.45) is 1.81. The number of pyridine rings is 1. The highest BCUT2D eigenvalue weighted by Crippen LogP contribution is 2.31. The number of benzene rings is 2. The number of para-hydroxylation sites is 1. The fourth-order valence-electron chi connectivity index (χ4n) is 3.11. The highest BCUT2D eigenvalue weighted by Gasteiger charge is 2.12. The van der Waals surface area contributed by atoms with Gasteiger partial charge in [0.25, 0.3) is 0 Å². The number of hydrogen-bond donors (Lipinski definition) is 2. The molecular weight excluding hydrogens is 296 g/mol. The summed E-state index contributed by atoms with van der Waals surface area (Å²) >= 11 is 0. The van der Waals surface area contributed by atoms with E-state index in [1.54, 1.807) is 0 Å². The summed E-state index contributed by atoms with van der Waals surface area (Å²) in [5.74, 6) is 0. The zero-order chi connectivity index (χ0) is 15.9. The molecule has 0 aliphatic carbocycles. The number of hydrogen-bond acceptors (Lipinski definition) is 2. The van der Waals surface area contributed by atoms with Crippen LogP contribution >= 0.6 is 0 Å². The summed E-state index contributed by atoms with van der Waals surface area (Å²) < 4.78 is 0. The van der Waals surface area contributed by atoms with Gasteiger partial charge in [0.1, 0.15) is 5.69 Å². The van der Waals surface area contributed by atoms with Crippen LogP contribution in [-0.4, -0.2) is 20.2 Å². The van der Waals surface area contributed by atoms with E-state index in [9.17, 15) is 0 Å². The van der Waals surface area contributed by atoms with Crippen molar-refractivity contribution in [2.75, 3.05) is 0 Å². The van der Waals surface area contributed by atoms with Gasteiger partial charge in [-0.2, -0.15) is 5.10 Å². The summed E-state index contributed by atoms with van der Waals surface area (Å²) in [4.78, 5) is 7.89. The van der Waals surface area contributed by atoms with Gasteiger partial charge >= 0.3 is 0 Å². The first kappa shape index (κ1) is 13.1. The minimum atomic E-state index is 0.930. The number of nitrogens with one attached hydrogen (secondary N) is 2. The highest BCUT2D eigenvalue weighted by molar-refractivity contribution is 5.97. The van der Waals surface area contributed by atoms with E-state index in [0.717, 1.165) is 39.1 Å². The maximum absolute atomic E-state index is 4.52. The Balaban J connectivity index is 1.71. The molecule has 0 aliphatic rings. The van der Waals surface area contributed by atoms with Crippen molar-refractivity contribution in [2.45, 2.75) is 0 Å². The van der Waals surface area contributed by atoms with Crippen LogP contribution in [0.4, 0.5) is 0 Å². The van der Waals surface area contributed by atoms with Gasteiger partial charge in [0.15, 0.2) is 0 Å². The van der Waals surface area contributed by atoms with Crippen molar-refractivity contribution in [2.24, 2.45) is 0 Å². The van der Waals surface area contributed by atoms with Crippen LogP contribution in [0, 0.1) is 0 Å². The fraction of sp³-hybridized carbons (Fsp3) is 0. The van der Waals surface area contributed by atoms with E-state index in [-0.39, 0.29) is 0 Å². The first-order valence-electron chi connectivity index (χ1n) is 7.86. The Kier molecular flexibility index (Phi) is 2.76. The van der Waals surface area contributed by atoms with E-state index in [1.807, 2.05) is 36.5 Å². The van der Waals surface area contributed by atoms with Crippen LogP contribution in [0.15, 0.2) is 72.9 Å². The van der Waals surface area contributed by atoms with Crippen LogP contribution in [0.5, 0.6) is 0 Å². The van der Waals surface area contributed by atoms with Gasteiger partial charge in [-0.1, -0.05) is 30.3 Å². The van der Waals surface area contributed by atoms with Crippen LogP contribution in [0.25, 0.3) is 44.5 Å². The van der Waals surface area contributed by atoms with E-state index >= 15 is 0 Å². The fourth-order valence-corrected chi connectivity index (χ4v) is 3.11. The molecule has 3 aromatic heterocycles. The van der Waals surface area contributed by atoms with Gasteiger partial charge in [-0.3, -0.25) is 10.1 Å². The smallest absolute Gasteiger partial charge is 0.116 e. The molecule has 0 radical (unpaired) electrons. The average Bonchev–Trinajstić information content (AvgIpc) is 3.25. The molecule has 0 aliphatic heterocycles. The third-order valence-corrected chi connectivity index (χ3v) is 4.31. The minimum Gasteiger partial charge on any atom is -0.353 e. The van der Waals surface area contributed by atoms with Gasteiger partial charge in [-0.25, -0.2) is 0 Å². The molecule has 4 nitrogen and oxygen atoms in total. The first-order chi connectivity index (χ1) is 11.9. The minimum absolute atomic E-state index is 0.930. The third-order valence-electron chi connectivity index (χ3n) is 4.31. The van der Waals surface area contributed by atoms with Crippen molar-refractivity contribution in [1.82, 2.24) is 20.2 Å². The van der Waals surface area contributed by atoms with Crippen LogP contribution in [0.3, 0.4) is 0 Å². The Morgan fingerprint density at radius 2 is 1.71 bits per heavy atom. The third kappa shape index (κ3) is 2.01. The van der Waals surface area contributed by atoms with Crippen LogP contribution in [-0.2, 0) is 0 Å². The Bertz CT molecular complexity index is 1120. The quantitative estimate of drug-likeness (QED) is 0.493. The Morgan fingerprint density at radius 1 is 0.792 bits per heavy atom. The standard InChI is InChI=1S/C20H14N4/c1-2-7-17-13(5-1)12-19(22-17)20-15-11-14(8-9-18(15)23-24-20)16-6-3-4-10-21-16/h1-12,22H,(H,23,24). The van der Waals surface area contributed by atoms with Crippen LogP contribution in [0.1, 0.15) is 0 Å². The molecule has 24 heavy (non-hydrogen) atoms. The average molecular weight is 310 g/mol. The summed E-state index contributed by atoms with van der Waals surface area (Å²) in [6, 6.07) is 22.6. The second kappa shape index (κ2) is 5.06. The second-order valence-electron chi connectivity index (χ2n) is 5.82. The Labute approximate surface area is 138 Å². The summed E-state index contributed by atoms with van der Waals surface area (Å²) in [5.41, 5.74) is 6.12. The van der Waals surface area contributed by atoms with Crippen LogP contribution < -0.4 is 0 Å². The predicted molar refractivity (Wildman–Crippen MR) is 96.6 cm³/mol. The molecule has 5 aromatic rings. The van der Waals surface area contributed by atoms with Crippen molar-refractivity contribution in [3.63, 3.8) is 0 Å². The molecule has 0 amide bonds. The summed E-state index contributed by atoms with van der Waals surface area (Å²) in [5, 5.41) is 9.91. The van der Waals surface area contributed by atoms with Gasteiger partial charge in [-0.05, 0) is 36.4 Å². The molecule has 3 heterocycles. The molecule has 0 unspecified atom stereocenters. The highest BCUT2D eigenvalue weighted by atomic mass is 15.1. The lowest BCUT2D eigenvalue weighted by atomic mass is 10.1. The topological polar surface area (TPSA) is 57.4 Å². The van der Waals surface area contributed by atoms with Gasteiger partial charge < -0.3 is 4.98 Å². The largest absolute Gasteiger partial charge is 0.353 e. The Morgan fingerprint density at radius 3 is 2.58 bits per heavy atom. The second-order valence-corrected chi connectivity index (χ2v) is 5.82. The number of fused-ring (bicyclic) bond motifs is 2. The van der Waals surface area contributed by atoms with Crippen LogP contribution in [0.2, 0.25) is 0 Å². The zero-order valence-corrected chi connectivity index (χ0v) is 12.8. The zero-order valence-electron chi connectivity index (χ0n) is 12.8. The molecule has 0 atom stereocenters. The summed E-state index contributed by atoms with van der Waals surface area (Å²) in [6.45, 7) is 0. The van der Waals surface area contributed by atoms with Crippen molar-refractivity contribution in [3.05, 3.63) is 72.9 Å². The molecule has 0 saturated heterocycles. The normalized spacial score (nSPS) is 11.3. The van der Waals surface area contributed by atoms with Gasteiger partial charge in [-0.15, -0.1) is 0 Å². The maximum Gasteiger partial charge on any atom is 0.116 e. The number of aromatic amines is 2. The monoisotopic (exact) mass is 310 g/mol. The van der Waals surface area contributed by atoms with Gasteiger partial charge in [0.2, 0.25) is 0 Å². The van der Waals surface area contributed by atoms with Gasteiger partial charge in [0, 0.05) is 28.0 Å². The molecular formula is C20H14N4. The van der Waals surface area contributed by atoms with Crippen molar-refractivity contribution >= 4 is 21.8 Å². The lowest BCUT2D eigenvalue weighted by Gasteiger charge is -2.01. The van der Waals surface area contributed by atoms with E-state index < -0.39 is 0 Å². The van der Waals surface area contributed by atoms with E-state index in [2.05, 4.69) is 56.6 Å². The molecule has 0 fully saturated rings. The molecule has 4 heteroatoms. The molecule has 0 bridgehead atoms. The van der Waals surface area contributed by atoms with Crippen molar-refractivity contribution in [1.29, 1.82) is 0 Å². The number of rotatable bonds is 2. The molecule has 0 saturated carbocycles. The van der Waals surface area contributed by atoms with Gasteiger partial charge in [0.05, 0.1) is 16.9 Å². The SMILES string of the molecule is c1ccc(-c2ccc3[nH]nc(-c4cc5ccccc5[nH]4)c3c2)nc1. The van der Waals surface area contributed by atoms with Crippen molar-refractivity contribution in [3.8, 4) is 22.6 Å². The molecule has 2 N–H and O–H groups in total. The molecule has 2 aromatic carbocycles. The maximum atomic E-state index is 4.52.